The Labute approximate surface area is 125 Å². The van der Waals surface area contributed by atoms with E-state index in [1.807, 2.05) is 32.2 Å². The van der Waals surface area contributed by atoms with Gasteiger partial charge in [-0.05, 0) is 37.5 Å². The quantitative estimate of drug-likeness (QED) is 0.923. The highest BCUT2D eigenvalue weighted by molar-refractivity contribution is 5.83. The molecule has 2 N–H and O–H groups in total. The fourth-order valence-corrected chi connectivity index (χ4v) is 3.28. The molecule has 0 bridgehead atoms. The molecular weight excluding hydrogens is 268 g/mol. The van der Waals surface area contributed by atoms with Crippen LogP contribution in [0.25, 0.3) is 0 Å². The lowest BCUT2D eigenvalue weighted by Crippen LogP contribution is -2.47. The number of amides is 1. The molecule has 0 radical (unpaired) electrons. The van der Waals surface area contributed by atoms with Gasteiger partial charge >= 0.3 is 0 Å². The summed E-state index contributed by atoms with van der Waals surface area (Å²) in [6, 6.07) is 5.75. The molecule has 2 atom stereocenters. The minimum Gasteiger partial charge on any atom is -0.454 e. The first kappa shape index (κ1) is 14.2. The highest BCUT2D eigenvalue weighted by atomic mass is 16.7. The number of rotatable bonds is 3. The molecule has 1 saturated carbocycles. The zero-order valence-corrected chi connectivity index (χ0v) is 12.6. The van der Waals surface area contributed by atoms with E-state index in [0.717, 1.165) is 36.3 Å². The summed E-state index contributed by atoms with van der Waals surface area (Å²) in [4.78, 5) is 14.5. The minimum atomic E-state index is -0.426. The maximum absolute atomic E-state index is 12.7. The summed E-state index contributed by atoms with van der Waals surface area (Å²) in [5, 5.41) is 0. The van der Waals surface area contributed by atoms with Crippen molar-refractivity contribution in [2.75, 3.05) is 13.8 Å². The first-order valence-corrected chi connectivity index (χ1v) is 7.40. The fraction of sp³-hybridized carbons (Fsp3) is 0.562. The molecule has 3 rings (SSSR count). The Morgan fingerprint density at radius 2 is 2.19 bits per heavy atom. The largest absolute Gasteiger partial charge is 0.454 e. The second kappa shape index (κ2) is 5.22. The highest BCUT2D eigenvalue weighted by Crippen LogP contribution is 2.38. The first-order valence-electron chi connectivity index (χ1n) is 7.40. The Balaban J connectivity index is 1.71. The summed E-state index contributed by atoms with van der Waals surface area (Å²) < 4.78 is 10.7. The average Bonchev–Trinajstić information content (AvgIpc) is 3.05. The summed E-state index contributed by atoms with van der Waals surface area (Å²) in [7, 11) is 1.84. The monoisotopic (exact) mass is 290 g/mol. The molecule has 5 heteroatoms. The first-order chi connectivity index (χ1) is 10.0. The number of nitrogens with two attached hydrogens (primary N) is 1. The van der Waals surface area contributed by atoms with Crippen molar-refractivity contribution in [1.29, 1.82) is 0 Å². The fourth-order valence-electron chi connectivity index (χ4n) is 3.28. The van der Waals surface area contributed by atoms with Crippen molar-refractivity contribution in [2.24, 2.45) is 11.1 Å². The topological polar surface area (TPSA) is 64.8 Å². The molecule has 1 heterocycles. The van der Waals surface area contributed by atoms with Gasteiger partial charge in [-0.1, -0.05) is 12.5 Å². The zero-order chi connectivity index (χ0) is 15.0. The van der Waals surface area contributed by atoms with Crippen molar-refractivity contribution in [3.8, 4) is 11.5 Å². The Morgan fingerprint density at radius 1 is 1.43 bits per heavy atom. The lowest BCUT2D eigenvalue weighted by Gasteiger charge is -2.32. The van der Waals surface area contributed by atoms with E-state index in [4.69, 9.17) is 15.2 Å². The molecule has 0 saturated heterocycles. The maximum atomic E-state index is 12.7. The van der Waals surface area contributed by atoms with Crippen LogP contribution >= 0.6 is 0 Å². The predicted octanol–water partition coefficient (Wildman–Crippen LogP) is 1.89. The maximum Gasteiger partial charge on any atom is 0.231 e. The molecule has 2 aliphatic rings. The van der Waals surface area contributed by atoms with Crippen molar-refractivity contribution in [2.45, 2.75) is 38.8 Å². The van der Waals surface area contributed by atoms with Crippen molar-refractivity contribution < 1.29 is 14.3 Å². The number of carbonyl (C=O) groups is 1. The molecule has 2 unspecified atom stereocenters. The summed E-state index contributed by atoms with van der Waals surface area (Å²) >= 11 is 0. The number of benzene rings is 1. The van der Waals surface area contributed by atoms with Crippen molar-refractivity contribution in [3.05, 3.63) is 23.8 Å². The molecule has 1 aliphatic carbocycles. The number of ether oxygens (including phenoxy) is 2. The van der Waals surface area contributed by atoms with Gasteiger partial charge in [-0.2, -0.15) is 0 Å². The van der Waals surface area contributed by atoms with Crippen LogP contribution in [0.1, 0.15) is 31.7 Å². The molecule has 1 fully saturated rings. The van der Waals surface area contributed by atoms with Gasteiger partial charge in [0.15, 0.2) is 11.5 Å². The number of fused-ring (bicyclic) bond motifs is 1. The number of carbonyl (C=O) groups excluding carboxylic acids is 1. The second-order valence-corrected chi connectivity index (χ2v) is 6.27. The number of hydrogen-bond acceptors (Lipinski definition) is 4. The van der Waals surface area contributed by atoms with Crippen LogP contribution in [0.3, 0.4) is 0 Å². The van der Waals surface area contributed by atoms with Crippen LogP contribution < -0.4 is 15.2 Å². The number of nitrogens with zero attached hydrogens (tertiary/aromatic N) is 1. The van der Waals surface area contributed by atoms with Crippen molar-refractivity contribution in [1.82, 2.24) is 4.90 Å². The normalized spacial score (nSPS) is 26.9. The van der Waals surface area contributed by atoms with Gasteiger partial charge in [0.05, 0.1) is 5.41 Å². The third kappa shape index (κ3) is 2.46. The SMILES string of the molecule is CN(Cc1ccc2c(c1)OCO2)C(=O)C1(C)CCCC1N. The molecule has 1 aliphatic heterocycles. The Kier molecular flexibility index (Phi) is 3.53. The van der Waals surface area contributed by atoms with Crippen LogP contribution in [-0.4, -0.2) is 30.7 Å². The third-order valence-corrected chi connectivity index (χ3v) is 4.72. The van der Waals surface area contributed by atoms with Crippen LogP contribution in [-0.2, 0) is 11.3 Å². The summed E-state index contributed by atoms with van der Waals surface area (Å²) in [5.74, 6) is 1.64. The molecule has 114 valence electrons. The summed E-state index contributed by atoms with van der Waals surface area (Å²) in [5.41, 5.74) is 6.74. The smallest absolute Gasteiger partial charge is 0.231 e. The molecule has 0 aromatic heterocycles. The lowest BCUT2D eigenvalue weighted by molar-refractivity contribution is -0.140. The van der Waals surface area contributed by atoms with E-state index in [-0.39, 0.29) is 18.7 Å². The molecule has 0 spiro atoms. The minimum absolute atomic E-state index is 0.0378. The van der Waals surface area contributed by atoms with E-state index in [2.05, 4.69) is 0 Å². The van der Waals surface area contributed by atoms with Gasteiger partial charge in [0.25, 0.3) is 0 Å². The lowest BCUT2D eigenvalue weighted by atomic mass is 9.83. The Hall–Kier alpha value is -1.75. The summed E-state index contributed by atoms with van der Waals surface area (Å²) in [6.07, 6.45) is 2.83. The van der Waals surface area contributed by atoms with Gasteiger partial charge in [-0.25, -0.2) is 0 Å². The van der Waals surface area contributed by atoms with E-state index in [0.29, 0.717) is 6.54 Å². The molecular formula is C16H22N2O3. The highest BCUT2D eigenvalue weighted by Gasteiger charge is 2.44. The Bertz CT molecular complexity index is 560. The van der Waals surface area contributed by atoms with E-state index in [9.17, 15) is 4.79 Å². The van der Waals surface area contributed by atoms with Crippen molar-refractivity contribution in [3.63, 3.8) is 0 Å². The van der Waals surface area contributed by atoms with E-state index < -0.39 is 5.41 Å². The van der Waals surface area contributed by atoms with Crippen LogP contribution in [0, 0.1) is 5.41 Å². The van der Waals surface area contributed by atoms with E-state index in [1.54, 1.807) is 4.90 Å². The van der Waals surface area contributed by atoms with Crippen molar-refractivity contribution >= 4 is 5.91 Å². The van der Waals surface area contributed by atoms with E-state index >= 15 is 0 Å². The third-order valence-electron chi connectivity index (χ3n) is 4.72. The molecule has 5 nitrogen and oxygen atoms in total. The molecule has 21 heavy (non-hydrogen) atoms. The summed E-state index contributed by atoms with van der Waals surface area (Å²) in [6.45, 7) is 2.81. The molecule has 1 aromatic rings. The van der Waals surface area contributed by atoms with Gasteiger partial charge in [0.1, 0.15) is 0 Å². The zero-order valence-electron chi connectivity index (χ0n) is 12.6. The van der Waals surface area contributed by atoms with Gasteiger partial charge in [-0.15, -0.1) is 0 Å². The van der Waals surface area contributed by atoms with Crippen LogP contribution in [0.15, 0.2) is 18.2 Å². The average molecular weight is 290 g/mol. The Morgan fingerprint density at radius 3 is 2.90 bits per heavy atom. The van der Waals surface area contributed by atoms with Gasteiger partial charge in [0, 0.05) is 19.6 Å². The van der Waals surface area contributed by atoms with Crippen LogP contribution in [0.2, 0.25) is 0 Å². The predicted molar refractivity (Wildman–Crippen MR) is 79.0 cm³/mol. The van der Waals surface area contributed by atoms with Crippen LogP contribution in [0.4, 0.5) is 0 Å². The number of hydrogen-bond donors (Lipinski definition) is 1. The van der Waals surface area contributed by atoms with Gasteiger partial charge < -0.3 is 20.1 Å². The van der Waals surface area contributed by atoms with Gasteiger partial charge in [0.2, 0.25) is 12.7 Å². The standard InChI is InChI=1S/C16H22N2O3/c1-16(7-3-4-14(16)17)15(19)18(2)9-11-5-6-12-13(8-11)21-10-20-12/h5-6,8,14H,3-4,7,9-10,17H2,1-2H3. The second-order valence-electron chi connectivity index (χ2n) is 6.27. The van der Waals surface area contributed by atoms with E-state index in [1.165, 1.54) is 0 Å². The van der Waals surface area contributed by atoms with Gasteiger partial charge in [-0.3, -0.25) is 4.79 Å². The molecule has 1 aromatic carbocycles. The van der Waals surface area contributed by atoms with Crippen LogP contribution in [0.5, 0.6) is 11.5 Å². The molecule has 1 amide bonds.